The highest BCUT2D eigenvalue weighted by Crippen LogP contribution is 2.42. The van der Waals surface area contributed by atoms with Crippen molar-refractivity contribution in [3.8, 4) is 17.2 Å². The van der Waals surface area contributed by atoms with Crippen molar-refractivity contribution >= 4 is 12.0 Å². The number of carbonyl (C=O) groups is 1. The van der Waals surface area contributed by atoms with Crippen molar-refractivity contribution in [1.82, 2.24) is 0 Å². The van der Waals surface area contributed by atoms with Gasteiger partial charge in [-0.05, 0) is 30.3 Å². The Labute approximate surface area is 143 Å². The standard InChI is InChI=1S/C17H9F5O4/c18-8-4-5-11(19)14(6-8)25-12-2-1-3-13-9(12)7-10(16(23)24)15(26-13)17(20,21)22/h1-7,15H,(H,23,24). The average molecular weight is 372 g/mol. The van der Waals surface area contributed by atoms with E-state index in [2.05, 4.69) is 0 Å². The number of alkyl halides is 3. The zero-order valence-electron chi connectivity index (χ0n) is 12.7. The van der Waals surface area contributed by atoms with Gasteiger partial charge < -0.3 is 14.6 Å². The Bertz CT molecular complexity index is 905. The molecule has 0 aliphatic carbocycles. The molecule has 3 rings (SSSR count). The summed E-state index contributed by atoms with van der Waals surface area (Å²) in [5.41, 5.74) is -1.19. The van der Waals surface area contributed by atoms with Gasteiger partial charge in [0.2, 0.25) is 6.10 Å². The number of benzene rings is 2. The summed E-state index contributed by atoms with van der Waals surface area (Å²) in [6, 6.07) is 6.14. The molecule has 0 amide bonds. The van der Waals surface area contributed by atoms with Crippen molar-refractivity contribution in [3.63, 3.8) is 0 Å². The normalized spacial score (nSPS) is 16.3. The Morgan fingerprint density at radius 1 is 1.12 bits per heavy atom. The molecule has 1 N–H and O–H groups in total. The number of aliphatic carboxylic acids is 1. The van der Waals surface area contributed by atoms with Gasteiger partial charge in [-0.15, -0.1) is 0 Å². The first kappa shape index (κ1) is 17.7. The van der Waals surface area contributed by atoms with Gasteiger partial charge in [0.05, 0.1) is 11.1 Å². The van der Waals surface area contributed by atoms with Crippen LogP contribution in [0.25, 0.3) is 6.08 Å². The first-order chi connectivity index (χ1) is 12.2. The SMILES string of the molecule is O=C(O)C1=Cc2c(Oc3cc(F)ccc3F)cccc2OC1C(F)(F)F. The molecule has 1 aliphatic rings. The Morgan fingerprint density at radius 3 is 2.50 bits per heavy atom. The molecule has 0 radical (unpaired) electrons. The highest BCUT2D eigenvalue weighted by molar-refractivity contribution is 5.95. The summed E-state index contributed by atoms with van der Waals surface area (Å²) in [5, 5.41) is 9.06. The minimum Gasteiger partial charge on any atom is -0.478 e. The molecule has 9 heteroatoms. The van der Waals surface area contributed by atoms with Gasteiger partial charge in [0, 0.05) is 6.07 Å². The van der Waals surface area contributed by atoms with Gasteiger partial charge >= 0.3 is 12.1 Å². The predicted molar refractivity (Wildman–Crippen MR) is 79.0 cm³/mol. The lowest BCUT2D eigenvalue weighted by Gasteiger charge is -2.27. The highest BCUT2D eigenvalue weighted by atomic mass is 19.4. The molecule has 0 saturated carbocycles. The number of ether oxygens (including phenoxy) is 2. The molecule has 1 aliphatic heterocycles. The number of hydrogen-bond donors (Lipinski definition) is 1. The number of carboxylic acids is 1. The molecule has 0 fully saturated rings. The molecule has 136 valence electrons. The molecule has 26 heavy (non-hydrogen) atoms. The van der Waals surface area contributed by atoms with Crippen molar-refractivity contribution < 1.29 is 41.3 Å². The maximum Gasteiger partial charge on any atom is 0.430 e. The number of carboxylic acid groups (broad SMARTS) is 1. The number of halogens is 5. The fourth-order valence-electron chi connectivity index (χ4n) is 2.37. The molecule has 4 nitrogen and oxygen atoms in total. The third-order valence-corrected chi connectivity index (χ3v) is 3.51. The minimum atomic E-state index is -4.95. The summed E-state index contributed by atoms with van der Waals surface area (Å²) in [6.07, 6.45) is -6.87. The molecule has 1 unspecified atom stereocenters. The van der Waals surface area contributed by atoms with Gasteiger partial charge in [0.1, 0.15) is 17.3 Å². The van der Waals surface area contributed by atoms with Crippen molar-refractivity contribution in [2.24, 2.45) is 0 Å². The van der Waals surface area contributed by atoms with Crippen LogP contribution in [-0.2, 0) is 4.79 Å². The lowest BCUT2D eigenvalue weighted by Crippen LogP contribution is -2.40. The summed E-state index contributed by atoms with van der Waals surface area (Å²) in [4.78, 5) is 11.2. The van der Waals surface area contributed by atoms with Crippen LogP contribution in [0.5, 0.6) is 17.2 Å². The Kier molecular flexibility index (Phi) is 4.31. The van der Waals surface area contributed by atoms with E-state index in [0.717, 1.165) is 24.3 Å². The second-order valence-corrected chi connectivity index (χ2v) is 5.29. The van der Waals surface area contributed by atoms with E-state index in [4.69, 9.17) is 14.6 Å². The van der Waals surface area contributed by atoms with Crippen molar-refractivity contribution in [1.29, 1.82) is 0 Å². The third-order valence-electron chi connectivity index (χ3n) is 3.51. The maximum absolute atomic E-state index is 13.7. The van der Waals surface area contributed by atoms with Crippen molar-refractivity contribution in [3.05, 3.63) is 59.2 Å². The summed E-state index contributed by atoms with van der Waals surface area (Å²) in [6.45, 7) is 0. The molecule has 0 spiro atoms. The first-order valence-corrected chi connectivity index (χ1v) is 7.11. The van der Waals surface area contributed by atoms with E-state index in [1.807, 2.05) is 0 Å². The molecule has 1 atom stereocenters. The zero-order valence-corrected chi connectivity index (χ0v) is 12.7. The van der Waals surface area contributed by atoms with E-state index in [1.165, 1.54) is 18.2 Å². The highest BCUT2D eigenvalue weighted by Gasteiger charge is 2.48. The molecular weight excluding hydrogens is 363 g/mol. The molecule has 0 saturated heterocycles. The second kappa shape index (κ2) is 6.32. The lowest BCUT2D eigenvalue weighted by molar-refractivity contribution is -0.187. The monoisotopic (exact) mass is 372 g/mol. The molecule has 0 bridgehead atoms. The van der Waals surface area contributed by atoms with Crippen LogP contribution in [0.1, 0.15) is 5.56 Å². The van der Waals surface area contributed by atoms with Crippen LogP contribution in [0.3, 0.4) is 0 Å². The van der Waals surface area contributed by atoms with E-state index >= 15 is 0 Å². The van der Waals surface area contributed by atoms with Crippen LogP contribution in [-0.4, -0.2) is 23.4 Å². The third kappa shape index (κ3) is 3.32. The van der Waals surface area contributed by atoms with Gasteiger partial charge in [-0.25, -0.2) is 13.6 Å². The minimum absolute atomic E-state index is 0.130. The predicted octanol–water partition coefficient (Wildman–Crippen LogP) is 4.55. The summed E-state index contributed by atoms with van der Waals surface area (Å²) < 4.78 is 76.1. The quantitative estimate of drug-likeness (QED) is 0.804. The van der Waals surface area contributed by atoms with Gasteiger partial charge in [-0.2, -0.15) is 13.2 Å². The van der Waals surface area contributed by atoms with E-state index in [1.54, 1.807) is 0 Å². The largest absolute Gasteiger partial charge is 0.478 e. The molecule has 1 heterocycles. The van der Waals surface area contributed by atoms with E-state index in [0.29, 0.717) is 0 Å². The van der Waals surface area contributed by atoms with Crippen molar-refractivity contribution in [2.75, 3.05) is 0 Å². The smallest absolute Gasteiger partial charge is 0.430 e. The second-order valence-electron chi connectivity index (χ2n) is 5.29. The first-order valence-electron chi connectivity index (χ1n) is 7.11. The van der Waals surface area contributed by atoms with E-state index < -0.39 is 41.2 Å². The Balaban J connectivity index is 2.07. The summed E-state index contributed by atoms with van der Waals surface area (Å²) in [7, 11) is 0. The van der Waals surface area contributed by atoms with Crippen LogP contribution in [0, 0.1) is 11.6 Å². The van der Waals surface area contributed by atoms with Crippen LogP contribution in [0.4, 0.5) is 22.0 Å². The maximum atomic E-state index is 13.7. The molecule has 2 aromatic rings. The molecular formula is C17H9F5O4. The number of hydrogen-bond acceptors (Lipinski definition) is 3. The number of rotatable bonds is 3. The van der Waals surface area contributed by atoms with Crippen LogP contribution in [0.15, 0.2) is 42.0 Å². The number of fused-ring (bicyclic) bond motifs is 1. The molecule has 0 aromatic heterocycles. The molecule has 2 aromatic carbocycles. The van der Waals surface area contributed by atoms with E-state index in [-0.39, 0.29) is 17.1 Å². The fraction of sp³-hybridized carbons (Fsp3) is 0.118. The summed E-state index contributed by atoms with van der Waals surface area (Å²) in [5.74, 6) is -4.53. The fourth-order valence-corrected chi connectivity index (χ4v) is 2.37. The van der Waals surface area contributed by atoms with E-state index in [9.17, 15) is 26.7 Å². The van der Waals surface area contributed by atoms with Gasteiger partial charge in [-0.3, -0.25) is 0 Å². The van der Waals surface area contributed by atoms with Crippen LogP contribution < -0.4 is 9.47 Å². The van der Waals surface area contributed by atoms with Gasteiger partial charge in [-0.1, -0.05) is 6.07 Å². The Morgan fingerprint density at radius 2 is 1.85 bits per heavy atom. The van der Waals surface area contributed by atoms with Gasteiger partial charge in [0.25, 0.3) is 0 Å². The Hall–Kier alpha value is -3.10. The summed E-state index contributed by atoms with van der Waals surface area (Å²) >= 11 is 0. The van der Waals surface area contributed by atoms with Crippen LogP contribution >= 0.6 is 0 Å². The zero-order chi connectivity index (χ0) is 19.1. The van der Waals surface area contributed by atoms with Gasteiger partial charge in [0.15, 0.2) is 11.6 Å². The lowest BCUT2D eigenvalue weighted by atomic mass is 10.0. The van der Waals surface area contributed by atoms with Crippen LogP contribution in [0.2, 0.25) is 0 Å². The topological polar surface area (TPSA) is 55.8 Å². The average Bonchev–Trinajstić information content (AvgIpc) is 2.56. The van der Waals surface area contributed by atoms with Crippen molar-refractivity contribution in [2.45, 2.75) is 12.3 Å².